The molecule has 9 rings (SSSR count). The molecule has 5 atom stereocenters. The second-order valence-electron chi connectivity index (χ2n) is 33.6. The summed E-state index contributed by atoms with van der Waals surface area (Å²) in [4.78, 5) is 211. The van der Waals surface area contributed by atoms with Crippen molar-refractivity contribution in [1.29, 1.82) is 0 Å². The molecule has 1 fully saturated rings. The maximum absolute atomic E-state index is 14.9. The topological polar surface area (TPSA) is 716 Å². The number of carboxylic acid groups (broad SMARTS) is 4. The lowest BCUT2D eigenvalue weighted by molar-refractivity contribution is -0.140. The van der Waals surface area contributed by atoms with Gasteiger partial charge in [0.2, 0.25) is 60.4 Å². The monoisotopic (exact) mass is 2020 g/mol. The number of ketones is 1. The number of sulfonamides is 2. The fourth-order valence-corrected chi connectivity index (χ4v) is 20.5. The van der Waals surface area contributed by atoms with Gasteiger partial charge in [0.1, 0.15) is 46.8 Å². The molecule has 53 heteroatoms. The van der Waals surface area contributed by atoms with Gasteiger partial charge in [-0.3, -0.25) is 91.3 Å². The zero-order valence-electron chi connectivity index (χ0n) is 77.0. The molecule has 8 aromatic rings. The number of carbonyl (C=O) groups is 12. The predicted octanol–water partition coefficient (Wildman–Crippen LogP) is -0.801. The van der Waals surface area contributed by atoms with E-state index in [1.165, 1.54) is 73.3 Å². The SMILES string of the molecule is CC(=O)[C@H](CNC(=O)c1cn(CCCNC(=O)[C@H](CS(=O)(=O)O)NC(=O)[C@H](CCC(=O)N[C@@H](CS(O)(O)O)C(=O)NCCCn2cc(C(=O)NC[C@H](NS(=O)(=O)c3c(C)cc(C)cc3C)C(=O)O)c(=O)c3ccc(CNc4ncc[nH]4)cc32)NC(=O)CN2CCN(CC(=O)O)CCN(CC(=O)O)CCN(CC(=O)O)CC2)c2cc(CNc3ncc[nH]3)ccc2c1=O)NS(=O)(=O)c1c(C)cc(C)cc1C. The lowest BCUT2D eigenvalue weighted by Crippen LogP contribution is -2.57. The number of carbonyl (C=O) groups excluding carboxylic acids is 8. The number of benzene rings is 4. The molecule has 49 nitrogen and oxygen atoms in total. The highest BCUT2D eigenvalue weighted by Gasteiger charge is 2.36. The van der Waals surface area contributed by atoms with Gasteiger partial charge in [-0.1, -0.05) is 47.5 Å². The van der Waals surface area contributed by atoms with Crippen LogP contribution in [0.25, 0.3) is 21.8 Å². The standard InChI is InChI=1S/C86H115N21O28S4/c1-50-32-52(3)77(53(4)33-50)138(132,133)100-64(56(7)108)40-93-79(119)61-42-106(68-36-57(10-12-59(68)75(61)117)38-95-85-89-18-19-90-85)23-9-17-88-82(122)67(49-137(129,130)131)99-83(123)63(97-71(110)44-102-24-26-103(45-72(111)112)28-30-105(47-74(115)116)31-29-104(27-25-102)46-73(113)114)14-15-70(109)98-66(48-136(126,127)128)81(121)87-16-8-22-107-43-62(76(118)60-13-11-58(37-69(60)107)39-96-86-91-20-21-92-86)80(120)94-41-65(84(124)125)101-139(134,135)78-54(5)34-51(2)35-55(78)6/h10-13,18-21,32-37,42-43,63-67,100-101,126-128H,8-9,14-17,22-31,38-41,44-49H2,1-7H3,(H,87,121)(H,88,122)(H,93,119)(H,94,120)(H,97,110)(H,98,109)(H,99,123)(H,111,112)(H,113,114)(H,115,116)(H,124,125)(H2,89,90,95)(H2,91,92,96)(H,129,130,131)/t63-,64-,65-,66-,67-/m0/s1. The molecule has 0 unspecified atom stereocenters. The van der Waals surface area contributed by atoms with Crippen LogP contribution in [0.15, 0.2) is 117 Å². The molecule has 7 amide bonds. The van der Waals surface area contributed by atoms with E-state index in [4.69, 9.17) is 0 Å². The quantitative estimate of drug-likeness (QED) is 0.0164. The van der Waals surface area contributed by atoms with Gasteiger partial charge in [0.15, 0.2) is 11.9 Å². The Morgan fingerprint density at radius 1 is 0.453 bits per heavy atom. The number of anilines is 2. The van der Waals surface area contributed by atoms with Crippen LogP contribution in [0.1, 0.15) is 97.8 Å². The molecule has 5 heterocycles. The lowest BCUT2D eigenvalue weighted by atomic mass is 10.1. The highest BCUT2D eigenvalue weighted by Crippen LogP contribution is 2.33. The van der Waals surface area contributed by atoms with Crippen molar-refractivity contribution in [3.8, 4) is 0 Å². The number of aromatic amines is 2. The number of amides is 7. The first-order valence-electron chi connectivity index (χ1n) is 43.6. The Kier molecular flexibility index (Phi) is 39.0. The summed E-state index contributed by atoms with van der Waals surface area (Å²) in [6.45, 7) is 5.53. The molecule has 1 aliphatic rings. The number of nitrogens with one attached hydrogen (secondary N) is 13. The number of hydrogen-bond acceptors (Lipinski definition) is 31. The number of aryl methyl sites for hydroxylation is 8. The summed E-state index contributed by atoms with van der Waals surface area (Å²) in [5.74, 6) is -16.6. The molecule has 756 valence electrons. The van der Waals surface area contributed by atoms with Crippen molar-refractivity contribution in [2.75, 3.05) is 127 Å². The van der Waals surface area contributed by atoms with Gasteiger partial charge in [0, 0.05) is 159 Å². The Bertz CT molecular complexity index is 6280. The number of carboxylic acids is 4. The fourth-order valence-electron chi connectivity index (χ4n) is 15.9. The first-order chi connectivity index (χ1) is 65.4. The van der Waals surface area contributed by atoms with Crippen molar-refractivity contribution in [2.45, 2.75) is 140 Å². The Labute approximate surface area is 799 Å². The number of fused-ring (bicyclic) bond motifs is 2. The van der Waals surface area contributed by atoms with E-state index in [1.807, 2.05) is 0 Å². The summed E-state index contributed by atoms with van der Waals surface area (Å²) in [5, 5.41) is 62.4. The number of aliphatic carboxylic acids is 4. The molecule has 0 aliphatic carbocycles. The summed E-state index contributed by atoms with van der Waals surface area (Å²) in [6.07, 6.45) is 6.39. The van der Waals surface area contributed by atoms with Crippen LogP contribution in [0.4, 0.5) is 11.9 Å². The summed E-state index contributed by atoms with van der Waals surface area (Å²) in [5.41, 5.74) is 1.85. The van der Waals surface area contributed by atoms with Gasteiger partial charge >= 0.3 is 23.9 Å². The third-order valence-corrected chi connectivity index (χ3v) is 27.3. The smallest absolute Gasteiger partial charge is 0.323 e. The van der Waals surface area contributed by atoms with Crippen molar-refractivity contribution in [1.82, 2.24) is 95.3 Å². The van der Waals surface area contributed by atoms with Crippen LogP contribution in [-0.4, -0.2) is 330 Å². The molecule has 0 spiro atoms. The van der Waals surface area contributed by atoms with Gasteiger partial charge in [-0.15, -0.1) is 0 Å². The Morgan fingerprint density at radius 3 is 1.20 bits per heavy atom. The van der Waals surface area contributed by atoms with Crippen LogP contribution < -0.4 is 68.2 Å². The summed E-state index contributed by atoms with van der Waals surface area (Å²) >= 11 is 0. The zero-order chi connectivity index (χ0) is 102. The molecule has 1 aliphatic heterocycles. The van der Waals surface area contributed by atoms with Gasteiger partial charge < -0.3 is 101 Å². The molecule has 1 saturated heterocycles. The number of H-pyrrole nitrogens is 2. The minimum Gasteiger partial charge on any atom is -0.480 e. The molecule has 4 aromatic carbocycles. The maximum Gasteiger partial charge on any atom is 0.323 e. The van der Waals surface area contributed by atoms with E-state index < -0.39 is 234 Å². The van der Waals surface area contributed by atoms with Gasteiger partial charge in [0.05, 0.1) is 69.7 Å². The van der Waals surface area contributed by atoms with Crippen LogP contribution >= 0.6 is 10.9 Å². The Balaban J connectivity index is 0.949. The maximum atomic E-state index is 14.9. The van der Waals surface area contributed by atoms with Crippen LogP contribution in [0.5, 0.6) is 0 Å². The minimum atomic E-state index is -5.28. The van der Waals surface area contributed by atoms with E-state index in [0.29, 0.717) is 45.3 Å². The van der Waals surface area contributed by atoms with E-state index in [-0.39, 0.29) is 130 Å². The van der Waals surface area contributed by atoms with E-state index >= 15 is 0 Å². The first-order valence-corrected chi connectivity index (χ1v) is 49.9. The van der Waals surface area contributed by atoms with Crippen molar-refractivity contribution >= 4 is 146 Å². The average Bonchev–Trinajstić information content (AvgIpc) is 1.24. The summed E-state index contributed by atoms with van der Waals surface area (Å²) in [7, 11) is -18.9. The largest absolute Gasteiger partial charge is 0.480 e. The van der Waals surface area contributed by atoms with E-state index in [0.717, 1.165) is 24.2 Å². The highest BCUT2D eigenvalue weighted by atomic mass is 32.3. The number of nitrogens with zero attached hydrogens (tertiary/aromatic N) is 8. The van der Waals surface area contributed by atoms with Crippen LogP contribution in [-0.2, 0) is 104 Å². The number of aromatic nitrogens is 6. The van der Waals surface area contributed by atoms with E-state index in [1.54, 1.807) is 88.6 Å². The Morgan fingerprint density at radius 2 is 0.835 bits per heavy atom. The molecule has 21 N–H and O–H groups in total. The molecule has 0 saturated carbocycles. The van der Waals surface area contributed by atoms with Crippen LogP contribution in [0.3, 0.4) is 0 Å². The van der Waals surface area contributed by atoms with Gasteiger partial charge in [0.25, 0.3) is 21.9 Å². The van der Waals surface area contributed by atoms with Crippen LogP contribution in [0.2, 0.25) is 0 Å². The molecule has 0 radical (unpaired) electrons. The number of rotatable bonds is 49. The first kappa shape index (κ1) is 110. The molecule has 139 heavy (non-hydrogen) atoms. The Hall–Kier alpha value is -13.0. The predicted molar refractivity (Wildman–Crippen MR) is 506 cm³/mol. The summed E-state index contributed by atoms with van der Waals surface area (Å²) < 4.78 is 130. The summed E-state index contributed by atoms with van der Waals surface area (Å²) in [6, 6.07) is 5.83. The third kappa shape index (κ3) is 33.4. The number of pyridine rings is 2. The second-order valence-corrected chi connectivity index (χ2v) is 39.9. The van der Waals surface area contributed by atoms with Crippen LogP contribution in [0, 0.1) is 41.5 Å². The van der Waals surface area contributed by atoms with Gasteiger partial charge in [-0.2, -0.15) is 17.9 Å². The molecule has 0 bridgehead atoms. The van der Waals surface area contributed by atoms with Gasteiger partial charge in [-0.05, 0) is 125 Å². The number of hydrogen-bond donors (Lipinski definition) is 21. The zero-order valence-corrected chi connectivity index (χ0v) is 80.2. The number of Topliss-reactive ketones (excluding diaryl/α,β-unsaturated/α-hetero) is 1. The van der Waals surface area contributed by atoms with Crippen molar-refractivity contribution in [2.24, 2.45) is 0 Å². The van der Waals surface area contributed by atoms with E-state index in [9.17, 15) is 131 Å². The lowest BCUT2D eigenvalue weighted by Gasteiger charge is -2.33. The van der Waals surface area contributed by atoms with Gasteiger partial charge in [-0.25, -0.2) is 26.8 Å². The number of imidazole rings is 2. The molecular weight excluding hydrogens is 1900 g/mol. The van der Waals surface area contributed by atoms with E-state index in [2.05, 4.69) is 77.2 Å². The normalized spacial score (nSPS) is 14.8. The molecule has 4 aromatic heterocycles. The molecular formula is C86H115N21O28S4. The van der Waals surface area contributed by atoms with Crippen molar-refractivity contribution in [3.05, 3.63) is 174 Å². The third-order valence-electron chi connectivity index (χ3n) is 22.2. The van der Waals surface area contributed by atoms with Crippen molar-refractivity contribution < 1.29 is 121 Å². The fraction of sp³-hybridized carbons (Fsp3) is 0.442. The average molecular weight is 2020 g/mol. The second kappa shape index (κ2) is 49.5. The highest BCUT2D eigenvalue weighted by molar-refractivity contribution is 8.19. The minimum absolute atomic E-state index is 0.00334. The van der Waals surface area contributed by atoms with Crippen molar-refractivity contribution in [3.63, 3.8) is 0 Å².